The number of benzene rings is 5. The molecule has 4 aromatic heterocycles. The minimum absolute atomic E-state index is 0.0453. The van der Waals surface area contributed by atoms with Crippen LogP contribution in [-0.4, -0.2) is 44.4 Å². The first-order chi connectivity index (χ1) is 34.1. The number of rotatable bonds is 6. The molecule has 0 saturated carbocycles. The molecule has 2 aliphatic carbocycles. The molecule has 4 nitrogen and oxygen atoms in total. The van der Waals surface area contributed by atoms with Crippen LogP contribution >= 0.6 is 93.3 Å². The molecule has 0 atom stereocenters. The third-order valence-corrected chi connectivity index (χ3v) is 21.5. The van der Waals surface area contributed by atoms with Gasteiger partial charge in [-0.2, -0.15) is 0 Å². The molecule has 2 amide bonds. The van der Waals surface area contributed by atoms with Crippen LogP contribution in [0.3, 0.4) is 0 Å². The Hall–Kier alpha value is -5.80. The topological polar surface area (TPSA) is 40.6 Å². The smallest absolute Gasteiger partial charge is 0.267 e. The van der Waals surface area contributed by atoms with E-state index in [1.165, 1.54) is 88.9 Å². The summed E-state index contributed by atoms with van der Waals surface area (Å²) >= 11 is 20.6. The van der Waals surface area contributed by atoms with Gasteiger partial charge in [0.1, 0.15) is 8.64 Å². The lowest BCUT2D eigenvalue weighted by Gasteiger charge is -2.35. The van der Waals surface area contributed by atoms with Crippen molar-refractivity contribution in [3.05, 3.63) is 242 Å². The minimum Gasteiger partial charge on any atom is -0.296 e. The predicted octanol–water partition coefficient (Wildman–Crippen LogP) is 11.5. The average molecular weight is 1050 g/mol. The number of nitrogens with zero attached hydrogens (tertiary/aromatic N) is 2. The van der Waals surface area contributed by atoms with Crippen molar-refractivity contribution in [1.29, 1.82) is 0 Å². The maximum absolute atomic E-state index is 13.1. The highest BCUT2D eigenvalue weighted by molar-refractivity contribution is 8.30. The molecular weight excluding hydrogens is 1010 g/mol. The molecule has 6 heterocycles. The molecule has 2 saturated heterocycles. The molecule has 0 spiro atoms. The Morgan fingerprint density at radius 3 is 1.09 bits per heavy atom. The summed E-state index contributed by atoms with van der Waals surface area (Å²) in [6.07, 6.45) is 4.55. The standard InChI is InChI=1S/C58H36N2O2S8/c1-59-53(61)51(69-55(59)63)47-25-23-37(65-47)27-39-29-45-49(67-39)41-31-44-42(32-43(41)57(45,33-15-7-3-8-16-33)34-17-9-4-10-18-34)50-46(58(44,35-19-11-5-12-20-35)36-21-13-6-14-22-36)30-40(68-50)28-38-24-26-48(66-38)52-54(62)60(2)56(64)70-52/h3-32H,1-2H3/b37-27+,38-28+,51-47+,52-48+. The van der Waals surface area contributed by atoms with Crippen molar-refractivity contribution >= 4 is 136 Å². The Balaban J connectivity index is 1.08. The number of hydrogen-bond donors (Lipinski definition) is 0. The van der Waals surface area contributed by atoms with Crippen LogP contribution in [0.1, 0.15) is 54.3 Å². The van der Waals surface area contributed by atoms with E-state index in [1.807, 2.05) is 22.7 Å². The number of carbonyl (C=O) groups excluding carboxylic acids is 2. The molecule has 0 N–H and O–H groups in total. The Kier molecular flexibility index (Phi) is 10.7. The summed E-state index contributed by atoms with van der Waals surface area (Å²) in [6.45, 7) is 0. The lowest BCUT2D eigenvalue weighted by molar-refractivity contribution is -0.120. The van der Waals surface area contributed by atoms with Gasteiger partial charge in [-0.3, -0.25) is 19.4 Å². The number of thiocarbonyl (C=S) groups is 2. The van der Waals surface area contributed by atoms with E-state index in [4.69, 9.17) is 24.4 Å². The average Bonchev–Trinajstić information content (AvgIpc) is 4.30. The number of thioether (sulfide) groups is 2. The summed E-state index contributed by atoms with van der Waals surface area (Å²) in [6, 6.07) is 62.3. The Morgan fingerprint density at radius 1 is 0.429 bits per heavy atom. The van der Waals surface area contributed by atoms with Crippen molar-refractivity contribution in [2.75, 3.05) is 14.1 Å². The van der Waals surface area contributed by atoms with Gasteiger partial charge in [-0.25, -0.2) is 0 Å². The van der Waals surface area contributed by atoms with Gasteiger partial charge in [0.15, 0.2) is 0 Å². The summed E-state index contributed by atoms with van der Waals surface area (Å²) in [5.41, 5.74) is 11.2. The van der Waals surface area contributed by atoms with E-state index in [-0.39, 0.29) is 11.8 Å². The lowest BCUT2D eigenvalue weighted by Crippen LogP contribution is -2.29. The number of hydrogen-bond acceptors (Lipinski definition) is 10. The van der Waals surface area contributed by atoms with Crippen LogP contribution in [0.25, 0.3) is 42.8 Å². The molecule has 2 fully saturated rings. The van der Waals surface area contributed by atoms with E-state index in [0.29, 0.717) is 18.5 Å². The summed E-state index contributed by atoms with van der Waals surface area (Å²) < 4.78 is 5.20. The number of amides is 2. The van der Waals surface area contributed by atoms with Crippen LogP contribution in [0.5, 0.6) is 0 Å². The second kappa shape index (κ2) is 16.9. The zero-order valence-electron chi connectivity index (χ0n) is 37.3. The van der Waals surface area contributed by atoms with Crippen LogP contribution in [0.4, 0.5) is 0 Å². The number of carbonyl (C=O) groups is 2. The maximum atomic E-state index is 13.1. The van der Waals surface area contributed by atoms with Crippen molar-refractivity contribution in [3.8, 4) is 20.9 Å². The second-order valence-electron chi connectivity index (χ2n) is 17.5. The van der Waals surface area contributed by atoms with Crippen molar-refractivity contribution in [1.82, 2.24) is 9.80 Å². The first-order valence-corrected chi connectivity index (χ1v) is 28.2. The van der Waals surface area contributed by atoms with Crippen LogP contribution in [0.2, 0.25) is 0 Å². The largest absolute Gasteiger partial charge is 0.296 e. The quantitative estimate of drug-likeness (QED) is 0.155. The lowest BCUT2D eigenvalue weighted by atomic mass is 9.66. The fourth-order valence-corrected chi connectivity index (χ4v) is 17.8. The van der Waals surface area contributed by atoms with E-state index in [9.17, 15) is 9.59 Å². The van der Waals surface area contributed by atoms with Gasteiger partial charge in [0.25, 0.3) is 11.8 Å². The maximum Gasteiger partial charge on any atom is 0.267 e. The molecule has 2 aliphatic heterocycles. The van der Waals surface area contributed by atoms with E-state index in [0.717, 1.165) is 27.9 Å². The number of fused-ring (bicyclic) bond motifs is 6. The first-order valence-electron chi connectivity index (χ1n) is 22.5. The minimum atomic E-state index is -0.622. The molecule has 0 unspecified atom stereocenters. The van der Waals surface area contributed by atoms with Gasteiger partial charge in [-0.1, -0.05) is 169 Å². The van der Waals surface area contributed by atoms with Crippen LogP contribution in [0, 0.1) is 0 Å². The molecular formula is C58H36N2O2S8. The number of thiophene rings is 4. The molecule has 13 rings (SSSR count). The van der Waals surface area contributed by atoms with Crippen LogP contribution in [-0.2, 0) is 20.4 Å². The van der Waals surface area contributed by atoms with Crippen molar-refractivity contribution < 1.29 is 9.59 Å². The van der Waals surface area contributed by atoms with Crippen molar-refractivity contribution in [2.24, 2.45) is 0 Å². The highest BCUT2D eigenvalue weighted by atomic mass is 32.2. The molecule has 338 valence electrons. The Morgan fingerprint density at radius 2 is 0.771 bits per heavy atom. The molecule has 5 aromatic carbocycles. The van der Waals surface area contributed by atoms with Gasteiger partial charge in [-0.05, 0) is 116 Å². The van der Waals surface area contributed by atoms with Gasteiger partial charge in [0.05, 0.1) is 20.6 Å². The zero-order valence-corrected chi connectivity index (χ0v) is 43.8. The van der Waals surface area contributed by atoms with Crippen LogP contribution < -0.4 is 18.1 Å². The second-order valence-corrected chi connectivity index (χ2v) is 25.2. The van der Waals surface area contributed by atoms with Gasteiger partial charge in [-0.15, -0.1) is 45.3 Å². The van der Waals surface area contributed by atoms with Gasteiger partial charge < -0.3 is 0 Å². The molecule has 12 heteroatoms. The SMILES string of the molecule is CN1C(=O)/C(=c2/cc/c(=C\c3cc4c(s3)-c3cc5c(cc3C4(c3ccccc3)c3ccccc3)-c3sc(/C=c4\cc/c(=C6\SC(=S)N(C)C6=O)s4)cc3C5(c3ccccc3)c3ccccc3)s2)SC1=S. The Bertz CT molecular complexity index is 3620. The fourth-order valence-electron chi connectivity index (χ4n) is 10.7. The predicted molar refractivity (Wildman–Crippen MR) is 304 cm³/mol. The van der Waals surface area contributed by atoms with Gasteiger partial charge >= 0.3 is 0 Å². The molecule has 70 heavy (non-hydrogen) atoms. The third-order valence-electron chi connectivity index (χ3n) is 13.8. The van der Waals surface area contributed by atoms with Crippen molar-refractivity contribution in [2.45, 2.75) is 10.8 Å². The van der Waals surface area contributed by atoms with E-state index >= 15 is 0 Å². The zero-order chi connectivity index (χ0) is 47.5. The molecule has 0 radical (unpaired) electrons. The van der Waals surface area contributed by atoms with Crippen LogP contribution in [0.15, 0.2) is 170 Å². The monoisotopic (exact) mass is 1050 g/mol. The molecule has 0 bridgehead atoms. The third kappa shape index (κ3) is 6.58. The summed E-state index contributed by atoms with van der Waals surface area (Å²) in [5, 5.41) is 0. The van der Waals surface area contributed by atoms with Gasteiger partial charge in [0, 0.05) is 51.7 Å². The summed E-state index contributed by atoms with van der Waals surface area (Å²) in [4.78, 5) is 35.6. The summed E-state index contributed by atoms with van der Waals surface area (Å²) in [5.74, 6) is -0.0907. The van der Waals surface area contributed by atoms with E-state index in [1.54, 1.807) is 46.6 Å². The Labute approximate surface area is 439 Å². The molecule has 9 aromatic rings. The van der Waals surface area contributed by atoms with E-state index in [2.05, 4.69) is 182 Å². The first kappa shape index (κ1) is 44.2. The van der Waals surface area contributed by atoms with Crippen molar-refractivity contribution in [3.63, 3.8) is 0 Å². The highest BCUT2D eigenvalue weighted by Crippen LogP contribution is 2.65. The highest BCUT2D eigenvalue weighted by Gasteiger charge is 2.52. The molecule has 4 aliphatic rings. The fraction of sp³-hybridized carbons (Fsp3) is 0.0690. The summed E-state index contributed by atoms with van der Waals surface area (Å²) in [7, 11) is 3.49. The van der Waals surface area contributed by atoms with E-state index < -0.39 is 10.8 Å². The normalized spacial score (nSPS) is 18.5. The van der Waals surface area contributed by atoms with Gasteiger partial charge in [0.2, 0.25) is 0 Å².